The minimum Gasteiger partial charge on any atom is -0.359 e. The van der Waals surface area contributed by atoms with Gasteiger partial charge in [-0.05, 0) is 17.7 Å². The summed E-state index contributed by atoms with van der Waals surface area (Å²) in [5, 5.41) is 4.80. The van der Waals surface area contributed by atoms with Crippen molar-refractivity contribution < 1.29 is 0 Å². The van der Waals surface area contributed by atoms with Crippen molar-refractivity contribution in [1.29, 1.82) is 0 Å². The molecule has 0 bridgehead atoms. The molecule has 3 rings (SSSR count). The van der Waals surface area contributed by atoms with E-state index in [2.05, 4.69) is 39.6 Å². The van der Waals surface area contributed by atoms with E-state index in [1.807, 2.05) is 30.5 Å². The van der Waals surface area contributed by atoms with E-state index < -0.39 is 0 Å². The van der Waals surface area contributed by atoms with Crippen LogP contribution in [0.2, 0.25) is 0 Å². The van der Waals surface area contributed by atoms with E-state index in [9.17, 15) is 0 Å². The van der Waals surface area contributed by atoms with Gasteiger partial charge in [-0.25, -0.2) is 0 Å². The van der Waals surface area contributed by atoms with Crippen LogP contribution in [0, 0.1) is 0 Å². The molecule has 1 atom stereocenters. The fourth-order valence-corrected chi connectivity index (χ4v) is 3.00. The van der Waals surface area contributed by atoms with E-state index in [-0.39, 0.29) is 0 Å². The number of benzene rings is 1. The summed E-state index contributed by atoms with van der Waals surface area (Å²) in [6.07, 6.45) is 1.81. The van der Waals surface area contributed by atoms with Gasteiger partial charge in [0.1, 0.15) is 0 Å². The summed E-state index contributed by atoms with van der Waals surface area (Å²) in [6.45, 7) is 1.58. The van der Waals surface area contributed by atoms with Gasteiger partial charge in [-0.3, -0.25) is 9.98 Å². The fourth-order valence-electron chi connectivity index (χ4n) is 1.98. The Labute approximate surface area is 117 Å². The first-order valence-corrected chi connectivity index (χ1v) is 7.19. The average molecular weight is 269 g/mol. The molecule has 0 amide bonds. The lowest BCUT2D eigenvalue weighted by Crippen LogP contribution is -2.18. The number of aromatic nitrogens is 1. The average Bonchev–Trinajstić information content (AvgIpc) is 2.96. The lowest BCUT2D eigenvalue weighted by Gasteiger charge is -2.09. The summed E-state index contributed by atoms with van der Waals surface area (Å²) in [7, 11) is 0. The molecule has 0 aliphatic carbocycles. The van der Waals surface area contributed by atoms with Crippen molar-refractivity contribution >= 4 is 16.9 Å². The monoisotopic (exact) mass is 269 g/mol. The summed E-state index contributed by atoms with van der Waals surface area (Å²) in [6, 6.07) is 16.5. The Hall–Kier alpha value is -1.81. The predicted molar refractivity (Wildman–Crippen MR) is 80.2 cm³/mol. The maximum absolute atomic E-state index is 4.55. The number of pyridine rings is 1. The number of hydrogen-bond acceptors (Lipinski definition) is 4. The van der Waals surface area contributed by atoms with Crippen molar-refractivity contribution in [3.8, 4) is 0 Å². The lowest BCUT2D eigenvalue weighted by molar-refractivity contribution is 0.876. The molecule has 0 spiro atoms. The molecule has 3 nitrogen and oxygen atoms in total. The van der Waals surface area contributed by atoms with Crippen molar-refractivity contribution in [2.45, 2.75) is 11.8 Å². The van der Waals surface area contributed by atoms with Crippen LogP contribution in [0.5, 0.6) is 0 Å². The molecule has 19 heavy (non-hydrogen) atoms. The smallest absolute Gasteiger partial charge is 0.157 e. The molecule has 1 aromatic carbocycles. The van der Waals surface area contributed by atoms with Crippen molar-refractivity contribution in [3.63, 3.8) is 0 Å². The fraction of sp³-hybridized carbons (Fsp3) is 0.200. The van der Waals surface area contributed by atoms with Crippen LogP contribution < -0.4 is 5.32 Å². The second-order valence-electron chi connectivity index (χ2n) is 4.34. The van der Waals surface area contributed by atoms with E-state index in [1.54, 1.807) is 11.8 Å². The largest absolute Gasteiger partial charge is 0.359 e. The van der Waals surface area contributed by atoms with Gasteiger partial charge in [-0.2, -0.15) is 0 Å². The van der Waals surface area contributed by atoms with Crippen molar-refractivity contribution in [2.75, 3.05) is 6.54 Å². The molecule has 2 heterocycles. The Morgan fingerprint density at radius 1 is 1.11 bits per heavy atom. The van der Waals surface area contributed by atoms with Crippen LogP contribution in [0.4, 0.5) is 0 Å². The van der Waals surface area contributed by atoms with Gasteiger partial charge in [-0.1, -0.05) is 48.2 Å². The van der Waals surface area contributed by atoms with Crippen molar-refractivity contribution in [2.24, 2.45) is 4.99 Å². The Bertz CT molecular complexity index is 554. The second kappa shape index (κ2) is 5.89. The molecule has 1 N–H and O–H groups in total. The Kier molecular flexibility index (Phi) is 3.79. The highest BCUT2D eigenvalue weighted by atomic mass is 32.2. The molecule has 0 radical (unpaired) electrons. The van der Waals surface area contributed by atoms with E-state index >= 15 is 0 Å². The van der Waals surface area contributed by atoms with Crippen LogP contribution >= 0.6 is 11.8 Å². The number of hydrogen-bond donors (Lipinski definition) is 1. The molecule has 1 aromatic heterocycles. The van der Waals surface area contributed by atoms with E-state index in [0.29, 0.717) is 5.25 Å². The van der Waals surface area contributed by atoms with Gasteiger partial charge in [0.15, 0.2) is 5.17 Å². The predicted octanol–water partition coefficient (Wildman–Crippen LogP) is 3.02. The molecule has 2 aromatic rings. The van der Waals surface area contributed by atoms with E-state index in [1.165, 1.54) is 5.56 Å². The normalized spacial score (nSPS) is 18.1. The topological polar surface area (TPSA) is 37.3 Å². The van der Waals surface area contributed by atoms with Crippen LogP contribution in [-0.2, 0) is 6.54 Å². The first kappa shape index (κ1) is 12.2. The van der Waals surface area contributed by atoms with Gasteiger partial charge in [0, 0.05) is 6.20 Å². The number of nitrogens with one attached hydrogen (secondary N) is 1. The first-order chi connectivity index (χ1) is 9.42. The molecule has 1 unspecified atom stereocenters. The third kappa shape index (κ3) is 3.15. The molecular formula is C15H15N3S. The zero-order valence-corrected chi connectivity index (χ0v) is 11.3. The quantitative estimate of drug-likeness (QED) is 0.930. The first-order valence-electron chi connectivity index (χ1n) is 6.31. The zero-order chi connectivity index (χ0) is 12.9. The number of rotatable bonds is 3. The minimum atomic E-state index is 0.437. The Balaban J connectivity index is 1.55. The number of nitrogens with zero attached hydrogens (tertiary/aromatic N) is 2. The summed E-state index contributed by atoms with van der Waals surface area (Å²) < 4.78 is 0. The van der Waals surface area contributed by atoms with Crippen LogP contribution in [0.15, 0.2) is 59.7 Å². The zero-order valence-electron chi connectivity index (χ0n) is 10.5. The van der Waals surface area contributed by atoms with Gasteiger partial charge in [-0.15, -0.1) is 0 Å². The van der Waals surface area contributed by atoms with Gasteiger partial charge in [0.05, 0.1) is 24.0 Å². The molecule has 0 fully saturated rings. The van der Waals surface area contributed by atoms with Crippen LogP contribution in [-0.4, -0.2) is 16.7 Å². The lowest BCUT2D eigenvalue weighted by atomic mass is 10.1. The molecular weight excluding hydrogens is 254 g/mol. The highest BCUT2D eigenvalue weighted by Gasteiger charge is 2.20. The third-order valence-corrected chi connectivity index (χ3v) is 4.18. The number of amidine groups is 1. The molecule has 0 saturated heterocycles. The third-order valence-electron chi connectivity index (χ3n) is 2.97. The minimum absolute atomic E-state index is 0.437. The highest BCUT2D eigenvalue weighted by Crippen LogP contribution is 2.34. The second-order valence-corrected chi connectivity index (χ2v) is 5.53. The summed E-state index contributed by atoms with van der Waals surface area (Å²) >= 11 is 1.79. The van der Waals surface area contributed by atoms with E-state index in [0.717, 1.165) is 24.0 Å². The van der Waals surface area contributed by atoms with Gasteiger partial charge < -0.3 is 5.32 Å². The van der Waals surface area contributed by atoms with Crippen LogP contribution in [0.1, 0.15) is 16.5 Å². The maximum Gasteiger partial charge on any atom is 0.157 e. The SMILES string of the molecule is c1ccc(C2CN=C(NCc3ccccn3)S2)cc1. The van der Waals surface area contributed by atoms with Gasteiger partial charge >= 0.3 is 0 Å². The van der Waals surface area contributed by atoms with Crippen molar-refractivity contribution in [3.05, 3.63) is 66.0 Å². The molecule has 1 aliphatic rings. The highest BCUT2D eigenvalue weighted by molar-refractivity contribution is 8.14. The van der Waals surface area contributed by atoms with Crippen LogP contribution in [0.25, 0.3) is 0 Å². The standard InChI is InChI=1S/C15H15N3S/c1-2-6-12(7-3-1)14-11-18-15(19-14)17-10-13-8-4-5-9-16-13/h1-9,14H,10-11H2,(H,17,18). The Morgan fingerprint density at radius 3 is 2.74 bits per heavy atom. The van der Waals surface area contributed by atoms with E-state index in [4.69, 9.17) is 0 Å². The van der Waals surface area contributed by atoms with Crippen LogP contribution in [0.3, 0.4) is 0 Å². The summed E-state index contributed by atoms with van der Waals surface area (Å²) in [4.78, 5) is 8.84. The Morgan fingerprint density at radius 2 is 1.95 bits per heavy atom. The summed E-state index contributed by atoms with van der Waals surface area (Å²) in [5.41, 5.74) is 2.37. The molecule has 0 saturated carbocycles. The molecule has 96 valence electrons. The number of aliphatic imine (C=N–C) groups is 1. The summed E-state index contributed by atoms with van der Waals surface area (Å²) in [5.74, 6) is 0. The molecule has 4 heteroatoms. The van der Waals surface area contributed by atoms with Gasteiger partial charge in [0.25, 0.3) is 0 Å². The molecule has 1 aliphatic heterocycles. The van der Waals surface area contributed by atoms with Crippen molar-refractivity contribution in [1.82, 2.24) is 10.3 Å². The van der Waals surface area contributed by atoms with Gasteiger partial charge in [0.2, 0.25) is 0 Å². The maximum atomic E-state index is 4.55. The number of thioether (sulfide) groups is 1.